The number of likely N-dealkylation sites (N-methyl/N-ethyl adjacent to an activating group) is 1. The molecule has 0 aromatic heterocycles. The molecule has 0 fully saturated rings. The maximum Gasteiger partial charge on any atom is 0.323 e. The number of carbonyl (C=O) groups is 2. The van der Waals surface area contributed by atoms with Crippen LogP contribution in [0.5, 0.6) is 23.0 Å². The number of amides is 3. The molecule has 3 aromatic carbocycles. The highest BCUT2D eigenvalue weighted by atomic mass is 16.7. The third-order valence-corrected chi connectivity index (χ3v) is 7.65. The van der Waals surface area contributed by atoms with Crippen molar-refractivity contribution in [1.29, 1.82) is 0 Å². The van der Waals surface area contributed by atoms with Crippen LogP contribution in [0.3, 0.4) is 0 Å². The van der Waals surface area contributed by atoms with Gasteiger partial charge < -0.3 is 39.6 Å². The van der Waals surface area contributed by atoms with E-state index in [4.69, 9.17) is 18.9 Å². The van der Waals surface area contributed by atoms with Crippen LogP contribution >= 0.6 is 0 Å². The first-order valence-electron chi connectivity index (χ1n) is 14.3. The molecule has 3 amide bonds. The van der Waals surface area contributed by atoms with E-state index in [2.05, 4.69) is 15.5 Å². The second-order valence-corrected chi connectivity index (χ2v) is 11.0. The molecule has 5 rings (SSSR count). The Morgan fingerprint density at radius 2 is 1.74 bits per heavy atom. The van der Waals surface area contributed by atoms with E-state index in [1.165, 1.54) is 0 Å². The Hall–Kier alpha value is -4.48. The van der Waals surface area contributed by atoms with Crippen LogP contribution < -0.4 is 29.6 Å². The monoisotopic (exact) mass is 590 g/mol. The van der Waals surface area contributed by atoms with E-state index in [0.717, 1.165) is 17.1 Å². The van der Waals surface area contributed by atoms with Crippen molar-refractivity contribution in [2.75, 3.05) is 51.3 Å². The zero-order valence-corrected chi connectivity index (χ0v) is 24.8. The molecule has 3 aromatic rings. The van der Waals surface area contributed by atoms with Crippen molar-refractivity contribution in [3.05, 3.63) is 71.8 Å². The number of hydrogen-bond acceptors (Lipinski definition) is 8. The number of nitrogens with one attached hydrogen (secondary N) is 2. The summed E-state index contributed by atoms with van der Waals surface area (Å²) in [6.07, 6.45) is -0.253. The molecule has 2 aliphatic rings. The molecular weight excluding hydrogens is 552 g/mol. The number of aliphatic hydroxyl groups is 1. The molecule has 0 unspecified atom stereocenters. The smallest absolute Gasteiger partial charge is 0.323 e. The van der Waals surface area contributed by atoms with Crippen molar-refractivity contribution >= 4 is 23.3 Å². The van der Waals surface area contributed by atoms with Gasteiger partial charge in [-0.25, -0.2) is 4.79 Å². The summed E-state index contributed by atoms with van der Waals surface area (Å²) in [5, 5.41) is 15.5. The highest BCUT2D eigenvalue weighted by molar-refractivity contribution is 6.02. The molecular formula is C32H38N4O7. The fourth-order valence-corrected chi connectivity index (χ4v) is 5.21. The second kappa shape index (κ2) is 13.2. The maximum atomic E-state index is 13.8. The second-order valence-electron chi connectivity index (χ2n) is 11.0. The number of anilines is 2. The number of urea groups is 1. The van der Waals surface area contributed by atoms with Crippen molar-refractivity contribution in [3.63, 3.8) is 0 Å². The number of benzene rings is 3. The summed E-state index contributed by atoms with van der Waals surface area (Å²) in [6, 6.07) is 17.1. The summed E-state index contributed by atoms with van der Waals surface area (Å²) in [5.41, 5.74) is 2.43. The lowest BCUT2D eigenvalue weighted by molar-refractivity contribution is 0.0341. The molecule has 3 N–H and O–H groups in total. The SMILES string of the molecule is COc1ccc(NC(=O)Nc2ccc3c(c2)C(=O)N([C@@H](C)CO)C[C@H](C)[C@H](CN(C)Cc2ccc4c(c2)OCO4)O3)cc1. The number of ether oxygens (including phenoxy) is 4. The summed E-state index contributed by atoms with van der Waals surface area (Å²) in [4.78, 5) is 30.3. The largest absolute Gasteiger partial charge is 0.497 e. The van der Waals surface area contributed by atoms with E-state index < -0.39 is 12.1 Å². The Morgan fingerprint density at radius 3 is 2.49 bits per heavy atom. The van der Waals surface area contributed by atoms with Crippen molar-refractivity contribution < 1.29 is 33.6 Å². The van der Waals surface area contributed by atoms with Crippen LogP contribution in [-0.4, -0.2) is 79.6 Å². The fourth-order valence-electron chi connectivity index (χ4n) is 5.21. The Balaban J connectivity index is 1.33. The average Bonchev–Trinajstić information content (AvgIpc) is 3.47. The first-order chi connectivity index (χ1) is 20.7. The van der Waals surface area contributed by atoms with Gasteiger partial charge in [0.25, 0.3) is 5.91 Å². The van der Waals surface area contributed by atoms with Gasteiger partial charge in [0.2, 0.25) is 6.79 Å². The Kier molecular flexibility index (Phi) is 9.22. The molecule has 2 aliphatic heterocycles. The van der Waals surface area contributed by atoms with Gasteiger partial charge >= 0.3 is 6.03 Å². The predicted octanol–water partition coefficient (Wildman–Crippen LogP) is 4.42. The molecule has 0 radical (unpaired) electrons. The number of hydrogen-bond donors (Lipinski definition) is 3. The Labute approximate surface area is 251 Å². The van der Waals surface area contributed by atoms with E-state index in [0.29, 0.717) is 48.1 Å². The van der Waals surface area contributed by atoms with Crippen LogP contribution in [0, 0.1) is 5.92 Å². The zero-order valence-electron chi connectivity index (χ0n) is 24.8. The number of nitrogens with zero attached hydrogens (tertiary/aromatic N) is 2. The lowest BCUT2D eigenvalue weighted by atomic mass is 9.99. The number of carbonyl (C=O) groups excluding carboxylic acids is 2. The third kappa shape index (κ3) is 7.12. The molecule has 0 saturated carbocycles. The van der Waals surface area contributed by atoms with Crippen molar-refractivity contribution in [2.24, 2.45) is 5.92 Å². The van der Waals surface area contributed by atoms with Crippen molar-refractivity contribution in [3.8, 4) is 23.0 Å². The molecule has 2 heterocycles. The van der Waals surface area contributed by atoms with Gasteiger partial charge in [0.1, 0.15) is 17.6 Å². The Morgan fingerprint density at radius 1 is 1.05 bits per heavy atom. The van der Waals surface area contributed by atoms with Crippen LogP contribution in [-0.2, 0) is 6.54 Å². The highest BCUT2D eigenvalue weighted by Crippen LogP contribution is 2.34. The lowest BCUT2D eigenvalue weighted by Crippen LogP contribution is -2.49. The van der Waals surface area contributed by atoms with E-state index >= 15 is 0 Å². The standard InChI is InChI=1S/C32H38N4O7/c1-20-15-36(21(2)18-37)31(38)26-14-24(34-32(39)33-23-6-9-25(40-4)10-7-23)8-12-27(26)43-30(20)17-35(3)16-22-5-11-28-29(13-22)42-19-41-28/h5-14,20-21,30,37H,15-19H2,1-4H3,(H2,33,34,39)/t20-,21-,30-/m0/s1. The minimum absolute atomic E-state index is 0.0293. The van der Waals surface area contributed by atoms with Crippen LogP contribution in [0.1, 0.15) is 29.8 Å². The number of rotatable bonds is 9. The molecule has 11 heteroatoms. The van der Waals surface area contributed by atoms with E-state index in [-0.39, 0.29) is 31.3 Å². The molecule has 0 spiro atoms. The molecule has 228 valence electrons. The van der Waals surface area contributed by atoms with Gasteiger partial charge in [0, 0.05) is 36.9 Å². The topological polar surface area (TPSA) is 122 Å². The summed E-state index contributed by atoms with van der Waals surface area (Å²) in [7, 11) is 3.60. The van der Waals surface area contributed by atoms with Gasteiger partial charge in [0.15, 0.2) is 11.5 Å². The minimum atomic E-state index is -0.457. The average molecular weight is 591 g/mol. The first-order valence-corrected chi connectivity index (χ1v) is 14.3. The molecule has 3 atom stereocenters. The molecule has 0 aliphatic carbocycles. The van der Waals surface area contributed by atoms with E-state index in [1.807, 2.05) is 39.1 Å². The highest BCUT2D eigenvalue weighted by Gasteiger charge is 2.33. The summed E-state index contributed by atoms with van der Waals surface area (Å²) in [5.74, 6) is 2.29. The predicted molar refractivity (Wildman–Crippen MR) is 162 cm³/mol. The van der Waals surface area contributed by atoms with Crippen LogP contribution in [0.4, 0.5) is 16.2 Å². The normalized spacial score (nSPS) is 18.3. The van der Waals surface area contributed by atoms with Gasteiger partial charge in [-0.2, -0.15) is 0 Å². The summed E-state index contributed by atoms with van der Waals surface area (Å²) < 4.78 is 22.6. The first kappa shape index (κ1) is 30.0. The molecule has 43 heavy (non-hydrogen) atoms. The van der Waals surface area contributed by atoms with Crippen molar-refractivity contribution in [1.82, 2.24) is 9.80 Å². The minimum Gasteiger partial charge on any atom is -0.497 e. The number of fused-ring (bicyclic) bond motifs is 2. The lowest BCUT2D eigenvalue weighted by Gasteiger charge is -2.38. The number of aliphatic hydroxyl groups excluding tert-OH is 1. The zero-order chi connectivity index (χ0) is 30.5. The third-order valence-electron chi connectivity index (χ3n) is 7.65. The maximum absolute atomic E-state index is 13.8. The molecule has 0 bridgehead atoms. The summed E-state index contributed by atoms with van der Waals surface area (Å²) >= 11 is 0. The fraction of sp³-hybridized carbons (Fsp3) is 0.375. The van der Waals surface area contributed by atoms with Gasteiger partial charge in [-0.05, 0) is 74.1 Å². The molecule has 0 saturated heterocycles. The van der Waals surface area contributed by atoms with Gasteiger partial charge in [-0.1, -0.05) is 13.0 Å². The quantitative estimate of drug-likeness (QED) is 0.335. The van der Waals surface area contributed by atoms with Crippen LogP contribution in [0.15, 0.2) is 60.7 Å². The Bertz CT molecular complexity index is 1450. The van der Waals surface area contributed by atoms with Gasteiger partial charge in [-0.15, -0.1) is 0 Å². The molecule has 11 nitrogen and oxygen atoms in total. The van der Waals surface area contributed by atoms with E-state index in [9.17, 15) is 14.7 Å². The van der Waals surface area contributed by atoms with Crippen LogP contribution in [0.2, 0.25) is 0 Å². The number of methoxy groups -OCH3 is 1. The van der Waals surface area contributed by atoms with E-state index in [1.54, 1.807) is 54.5 Å². The van der Waals surface area contributed by atoms with Crippen molar-refractivity contribution in [2.45, 2.75) is 32.5 Å². The summed E-state index contributed by atoms with van der Waals surface area (Å²) in [6.45, 7) is 5.58. The van der Waals surface area contributed by atoms with Gasteiger partial charge in [0.05, 0.1) is 25.3 Å². The van der Waals surface area contributed by atoms with Crippen LogP contribution in [0.25, 0.3) is 0 Å². The van der Waals surface area contributed by atoms with Gasteiger partial charge in [-0.3, -0.25) is 9.69 Å².